The first kappa shape index (κ1) is 16.1. The van der Waals surface area contributed by atoms with E-state index in [2.05, 4.69) is 35.3 Å². The van der Waals surface area contributed by atoms with Crippen molar-refractivity contribution in [2.24, 2.45) is 0 Å². The van der Waals surface area contributed by atoms with Gasteiger partial charge in [-0.1, -0.05) is 0 Å². The van der Waals surface area contributed by atoms with Crippen molar-refractivity contribution in [3.05, 3.63) is 54.3 Å². The van der Waals surface area contributed by atoms with Crippen LogP contribution in [0.25, 0.3) is 55.2 Å². The fourth-order valence-electron chi connectivity index (χ4n) is 3.33. The van der Waals surface area contributed by atoms with Crippen molar-refractivity contribution in [1.82, 2.24) is 40.3 Å². The van der Waals surface area contributed by atoms with Gasteiger partial charge in [-0.3, -0.25) is 20.2 Å². The second-order valence-electron chi connectivity index (χ2n) is 6.45. The number of fused-ring (bicyclic) bond motifs is 2. The summed E-state index contributed by atoms with van der Waals surface area (Å²) >= 11 is 1.07. The van der Waals surface area contributed by atoms with Gasteiger partial charge >= 0.3 is 0 Å². The van der Waals surface area contributed by atoms with Crippen LogP contribution in [0.3, 0.4) is 0 Å². The van der Waals surface area contributed by atoms with Crippen molar-refractivity contribution in [3.8, 4) is 33.2 Å². The van der Waals surface area contributed by atoms with Crippen molar-refractivity contribution in [1.29, 1.82) is 0 Å². The second kappa shape index (κ2) is 6.04. The van der Waals surface area contributed by atoms with Crippen molar-refractivity contribution < 1.29 is 4.39 Å². The van der Waals surface area contributed by atoms with Crippen LogP contribution in [0.1, 0.15) is 0 Å². The van der Waals surface area contributed by atoms with Crippen molar-refractivity contribution in [2.45, 2.75) is 0 Å². The van der Waals surface area contributed by atoms with Crippen molar-refractivity contribution in [2.75, 3.05) is 0 Å². The van der Waals surface area contributed by atoms with Gasteiger partial charge in [0.05, 0.1) is 35.3 Å². The Hall–Kier alpha value is -3.92. The summed E-state index contributed by atoms with van der Waals surface area (Å²) in [5.41, 5.74) is 5.39. The summed E-state index contributed by atoms with van der Waals surface area (Å²) < 4.78 is 13.5. The lowest BCUT2D eigenvalue weighted by molar-refractivity contribution is 0.657. The molecule has 0 bridgehead atoms. The highest BCUT2D eigenvalue weighted by atomic mass is 32.1. The fourth-order valence-corrected chi connectivity index (χ4v) is 4.07. The highest BCUT2D eigenvalue weighted by molar-refractivity contribution is 7.14. The maximum Gasteiger partial charge on any atom is 0.176 e. The Bertz CT molecular complexity index is 1480. The summed E-state index contributed by atoms with van der Waals surface area (Å²) in [4.78, 5) is 17.5. The van der Waals surface area contributed by atoms with E-state index in [4.69, 9.17) is 4.98 Å². The number of nitrogens with one attached hydrogen (secondary N) is 3. The van der Waals surface area contributed by atoms with E-state index in [0.717, 1.165) is 55.0 Å². The predicted molar refractivity (Wildman–Crippen MR) is 108 cm³/mol. The number of aromatic nitrogens is 8. The third kappa shape index (κ3) is 2.53. The zero-order valence-corrected chi connectivity index (χ0v) is 15.5. The van der Waals surface area contributed by atoms with E-state index in [1.165, 1.54) is 6.07 Å². The number of aromatic amines is 3. The minimum atomic E-state index is -0.245. The number of nitrogens with zero attached hydrogens (tertiary/aromatic N) is 5. The topological polar surface area (TPSA) is 112 Å². The Balaban J connectivity index is 1.53. The number of pyridine rings is 2. The number of imidazole rings is 1. The normalized spacial score (nSPS) is 11.6. The summed E-state index contributed by atoms with van der Waals surface area (Å²) in [5, 5.41) is 14.8. The molecule has 8 nitrogen and oxygen atoms in total. The molecule has 29 heavy (non-hydrogen) atoms. The molecule has 0 fully saturated rings. The van der Waals surface area contributed by atoms with Crippen molar-refractivity contribution in [3.63, 3.8) is 0 Å². The van der Waals surface area contributed by atoms with E-state index in [0.29, 0.717) is 11.5 Å². The standard InChI is InChI=1S/C19H11FN8S/c20-16-2-1-15(29-16)11-6-21-7-14-17(11)26-19(25-14)18-10-3-12(9-4-23-24-5-9)22-8-13(10)27-28-18/h1-8H,(H,23,24)(H,25,26)(H,27,28). The summed E-state index contributed by atoms with van der Waals surface area (Å²) in [5.74, 6) is 0.599. The summed E-state index contributed by atoms with van der Waals surface area (Å²) in [6, 6.07) is 5.12. The van der Waals surface area contributed by atoms with Crippen LogP contribution >= 0.6 is 11.3 Å². The van der Waals surface area contributed by atoms with Crippen molar-refractivity contribution >= 4 is 33.3 Å². The van der Waals surface area contributed by atoms with Crippen LogP contribution in [-0.4, -0.2) is 40.3 Å². The highest BCUT2D eigenvalue weighted by Crippen LogP contribution is 2.34. The molecule has 140 valence electrons. The lowest BCUT2D eigenvalue weighted by Gasteiger charge is -1.97. The Morgan fingerprint density at radius 2 is 2.00 bits per heavy atom. The average Bonchev–Trinajstić information content (AvgIpc) is 3.51. The number of H-pyrrole nitrogens is 3. The zero-order chi connectivity index (χ0) is 19.4. The lowest BCUT2D eigenvalue weighted by Crippen LogP contribution is -1.84. The maximum absolute atomic E-state index is 13.5. The highest BCUT2D eigenvalue weighted by Gasteiger charge is 2.17. The largest absolute Gasteiger partial charge is 0.335 e. The molecule has 0 radical (unpaired) electrons. The molecule has 0 aliphatic rings. The van der Waals surface area contributed by atoms with Gasteiger partial charge in [-0.15, -0.1) is 11.3 Å². The molecule has 0 saturated heterocycles. The number of hydrogen-bond acceptors (Lipinski definition) is 6. The predicted octanol–water partition coefficient (Wildman–Crippen LogP) is 4.15. The van der Waals surface area contributed by atoms with Gasteiger partial charge < -0.3 is 4.98 Å². The molecule has 0 aliphatic heterocycles. The van der Waals surface area contributed by atoms with Gasteiger partial charge in [0.1, 0.15) is 11.2 Å². The number of thiophene rings is 1. The average molecular weight is 402 g/mol. The summed E-state index contributed by atoms with van der Waals surface area (Å²) in [6.45, 7) is 0. The van der Waals surface area contributed by atoms with Gasteiger partial charge in [-0.2, -0.15) is 14.6 Å². The minimum absolute atomic E-state index is 0.245. The van der Waals surface area contributed by atoms with Crippen LogP contribution in [-0.2, 0) is 0 Å². The van der Waals surface area contributed by atoms with E-state index in [9.17, 15) is 4.39 Å². The molecule has 0 spiro atoms. The molecule has 3 N–H and O–H groups in total. The molecule has 6 rings (SSSR count). The third-order valence-corrected chi connectivity index (χ3v) is 5.61. The van der Waals surface area contributed by atoms with E-state index >= 15 is 0 Å². The molecule has 6 heterocycles. The van der Waals surface area contributed by atoms with Crippen LogP contribution in [0.5, 0.6) is 0 Å². The lowest BCUT2D eigenvalue weighted by atomic mass is 10.1. The van der Waals surface area contributed by atoms with Crippen LogP contribution < -0.4 is 0 Å². The van der Waals surface area contributed by atoms with E-state index in [1.54, 1.807) is 37.1 Å². The molecule has 0 aromatic carbocycles. The molecule has 0 atom stereocenters. The molecule has 0 amide bonds. The first-order chi connectivity index (χ1) is 14.3. The Labute approximate surface area is 165 Å². The van der Waals surface area contributed by atoms with Crippen LogP contribution in [0.15, 0.2) is 49.2 Å². The van der Waals surface area contributed by atoms with Gasteiger partial charge in [0.2, 0.25) is 0 Å². The van der Waals surface area contributed by atoms with E-state index in [1.807, 2.05) is 6.07 Å². The van der Waals surface area contributed by atoms with Crippen LogP contribution in [0.4, 0.5) is 4.39 Å². The Morgan fingerprint density at radius 1 is 1.03 bits per heavy atom. The van der Waals surface area contributed by atoms with Gasteiger partial charge in [0.25, 0.3) is 0 Å². The molecule has 6 aromatic rings. The third-order valence-electron chi connectivity index (χ3n) is 4.70. The molecule has 0 saturated carbocycles. The minimum Gasteiger partial charge on any atom is -0.335 e. The number of halogens is 1. The van der Waals surface area contributed by atoms with Gasteiger partial charge in [-0.05, 0) is 18.2 Å². The number of rotatable bonds is 3. The summed E-state index contributed by atoms with van der Waals surface area (Å²) in [7, 11) is 0. The molecular formula is C19H11FN8S. The number of hydrogen-bond donors (Lipinski definition) is 3. The first-order valence-electron chi connectivity index (χ1n) is 8.69. The van der Waals surface area contributed by atoms with Crippen LogP contribution in [0, 0.1) is 5.13 Å². The SMILES string of the molecule is Fc1ccc(-c2cncc3[nH]c(-c4n[nH]c5cnc(-c6cn[nH]c6)cc45)nc23)s1. The maximum atomic E-state index is 13.5. The first-order valence-corrected chi connectivity index (χ1v) is 9.51. The van der Waals surface area contributed by atoms with Gasteiger partial charge in [0, 0.05) is 33.8 Å². The smallest absolute Gasteiger partial charge is 0.176 e. The molecule has 6 aromatic heterocycles. The van der Waals surface area contributed by atoms with Crippen LogP contribution in [0.2, 0.25) is 0 Å². The Morgan fingerprint density at radius 3 is 2.83 bits per heavy atom. The summed E-state index contributed by atoms with van der Waals surface area (Å²) in [6.07, 6.45) is 8.63. The quantitative estimate of drug-likeness (QED) is 0.412. The Kier molecular flexibility index (Phi) is 3.35. The monoisotopic (exact) mass is 402 g/mol. The zero-order valence-electron chi connectivity index (χ0n) is 14.6. The van der Waals surface area contributed by atoms with Gasteiger partial charge in [0.15, 0.2) is 11.0 Å². The van der Waals surface area contributed by atoms with E-state index < -0.39 is 0 Å². The molecular weight excluding hydrogens is 391 g/mol. The van der Waals surface area contributed by atoms with E-state index in [-0.39, 0.29) is 5.13 Å². The molecule has 0 unspecified atom stereocenters. The van der Waals surface area contributed by atoms with Gasteiger partial charge in [-0.25, -0.2) is 4.98 Å². The molecule has 10 heteroatoms. The molecule has 0 aliphatic carbocycles. The fraction of sp³-hybridized carbons (Fsp3) is 0. The second-order valence-corrected chi connectivity index (χ2v) is 7.48.